The van der Waals surface area contributed by atoms with Gasteiger partial charge >= 0.3 is 0 Å². The van der Waals surface area contributed by atoms with Crippen LogP contribution < -0.4 is 11.1 Å². The van der Waals surface area contributed by atoms with Crippen LogP contribution in [0.3, 0.4) is 0 Å². The molecule has 1 heterocycles. The SMILES string of the molecule is CCC1(C(=O)Nc2ccc(CN)cn2)CCCC1. The lowest BCUT2D eigenvalue weighted by Gasteiger charge is -2.25. The summed E-state index contributed by atoms with van der Waals surface area (Å²) in [6.45, 7) is 2.57. The minimum absolute atomic E-state index is 0.121. The molecule has 98 valence electrons. The van der Waals surface area contributed by atoms with Crippen molar-refractivity contribution in [3.63, 3.8) is 0 Å². The van der Waals surface area contributed by atoms with E-state index < -0.39 is 0 Å². The molecule has 0 bridgehead atoms. The van der Waals surface area contributed by atoms with Gasteiger partial charge in [0.2, 0.25) is 5.91 Å². The maximum atomic E-state index is 12.3. The third-order valence-electron chi connectivity index (χ3n) is 4.02. The molecule has 0 aliphatic heterocycles. The van der Waals surface area contributed by atoms with Crippen LogP contribution in [-0.4, -0.2) is 10.9 Å². The third kappa shape index (κ3) is 2.53. The Morgan fingerprint density at radius 2 is 2.17 bits per heavy atom. The van der Waals surface area contributed by atoms with E-state index >= 15 is 0 Å². The van der Waals surface area contributed by atoms with Crippen molar-refractivity contribution >= 4 is 11.7 Å². The lowest BCUT2D eigenvalue weighted by atomic mass is 9.82. The number of carbonyl (C=O) groups excluding carboxylic acids is 1. The van der Waals surface area contributed by atoms with Crippen molar-refractivity contribution in [1.82, 2.24) is 4.98 Å². The largest absolute Gasteiger partial charge is 0.326 e. The molecule has 4 heteroatoms. The molecule has 18 heavy (non-hydrogen) atoms. The molecule has 0 unspecified atom stereocenters. The number of carbonyl (C=O) groups is 1. The molecule has 4 nitrogen and oxygen atoms in total. The summed E-state index contributed by atoms with van der Waals surface area (Å²) in [4.78, 5) is 16.6. The molecular weight excluding hydrogens is 226 g/mol. The smallest absolute Gasteiger partial charge is 0.231 e. The van der Waals surface area contributed by atoms with Crippen LogP contribution in [0.2, 0.25) is 0 Å². The lowest BCUT2D eigenvalue weighted by molar-refractivity contribution is -0.125. The highest BCUT2D eigenvalue weighted by molar-refractivity contribution is 5.94. The van der Waals surface area contributed by atoms with Gasteiger partial charge in [-0.05, 0) is 30.9 Å². The quantitative estimate of drug-likeness (QED) is 0.858. The molecular formula is C14H21N3O. The van der Waals surface area contributed by atoms with E-state index in [4.69, 9.17) is 5.73 Å². The van der Waals surface area contributed by atoms with E-state index in [9.17, 15) is 4.79 Å². The van der Waals surface area contributed by atoms with Gasteiger partial charge in [-0.2, -0.15) is 0 Å². The van der Waals surface area contributed by atoms with Gasteiger partial charge in [0.1, 0.15) is 5.82 Å². The van der Waals surface area contributed by atoms with E-state index in [0.717, 1.165) is 37.7 Å². The van der Waals surface area contributed by atoms with Crippen LogP contribution >= 0.6 is 0 Å². The number of nitrogens with one attached hydrogen (secondary N) is 1. The minimum Gasteiger partial charge on any atom is -0.326 e. The monoisotopic (exact) mass is 247 g/mol. The first-order chi connectivity index (χ1) is 8.70. The fourth-order valence-corrected chi connectivity index (χ4v) is 2.66. The Morgan fingerprint density at radius 1 is 1.44 bits per heavy atom. The maximum absolute atomic E-state index is 12.3. The lowest BCUT2D eigenvalue weighted by Crippen LogP contribution is -2.33. The summed E-state index contributed by atoms with van der Waals surface area (Å²) in [5, 5.41) is 2.94. The Kier molecular flexibility index (Phi) is 3.97. The van der Waals surface area contributed by atoms with Crippen LogP contribution in [-0.2, 0) is 11.3 Å². The van der Waals surface area contributed by atoms with E-state index in [1.807, 2.05) is 12.1 Å². The second-order valence-electron chi connectivity index (χ2n) is 5.05. The Balaban J connectivity index is 2.05. The summed E-state index contributed by atoms with van der Waals surface area (Å²) in [7, 11) is 0. The second-order valence-corrected chi connectivity index (χ2v) is 5.05. The molecule has 1 aliphatic carbocycles. The van der Waals surface area contributed by atoms with Crippen LogP contribution in [0.1, 0.15) is 44.6 Å². The predicted molar refractivity (Wildman–Crippen MR) is 72.0 cm³/mol. The molecule has 1 saturated carbocycles. The van der Waals surface area contributed by atoms with Gasteiger partial charge in [0.05, 0.1) is 0 Å². The van der Waals surface area contributed by atoms with E-state index in [0.29, 0.717) is 12.4 Å². The summed E-state index contributed by atoms with van der Waals surface area (Å²) in [6, 6.07) is 3.72. The number of hydrogen-bond acceptors (Lipinski definition) is 3. The summed E-state index contributed by atoms with van der Waals surface area (Å²) >= 11 is 0. The number of nitrogens with two attached hydrogens (primary N) is 1. The molecule has 1 fully saturated rings. The Morgan fingerprint density at radius 3 is 2.67 bits per heavy atom. The Bertz CT molecular complexity index is 408. The van der Waals surface area contributed by atoms with Crippen molar-refractivity contribution in [2.24, 2.45) is 11.1 Å². The topological polar surface area (TPSA) is 68.0 Å². The highest BCUT2D eigenvalue weighted by Gasteiger charge is 2.39. The van der Waals surface area contributed by atoms with Gasteiger partial charge in [0.15, 0.2) is 0 Å². The average molecular weight is 247 g/mol. The number of hydrogen-bond donors (Lipinski definition) is 2. The zero-order valence-corrected chi connectivity index (χ0v) is 10.9. The van der Waals surface area contributed by atoms with Gasteiger partial charge in [-0.1, -0.05) is 25.8 Å². The first-order valence-corrected chi connectivity index (χ1v) is 6.66. The van der Waals surface area contributed by atoms with Crippen molar-refractivity contribution in [2.75, 3.05) is 5.32 Å². The van der Waals surface area contributed by atoms with Gasteiger partial charge in [-0.15, -0.1) is 0 Å². The predicted octanol–water partition coefficient (Wildman–Crippen LogP) is 2.45. The van der Waals surface area contributed by atoms with E-state index in [-0.39, 0.29) is 11.3 Å². The second kappa shape index (κ2) is 5.48. The molecule has 2 rings (SSSR count). The zero-order chi connectivity index (χ0) is 13.0. The molecule has 0 spiro atoms. The molecule has 0 aromatic carbocycles. The van der Waals surface area contributed by atoms with E-state index in [1.165, 1.54) is 0 Å². The summed E-state index contributed by atoms with van der Waals surface area (Å²) in [6.07, 6.45) is 6.91. The van der Waals surface area contributed by atoms with Gasteiger partial charge in [0.25, 0.3) is 0 Å². The van der Waals surface area contributed by atoms with Crippen LogP contribution in [0.15, 0.2) is 18.3 Å². The normalized spacial score (nSPS) is 17.7. The van der Waals surface area contributed by atoms with Gasteiger partial charge < -0.3 is 11.1 Å². The molecule has 1 aromatic heterocycles. The van der Waals surface area contributed by atoms with Crippen LogP contribution in [0, 0.1) is 5.41 Å². The molecule has 3 N–H and O–H groups in total. The van der Waals surface area contributed by atoms with E-state index in [2.05, 4.69) is 17.2 Å². The average Bonchev–Trinajstić information content (AvgIpc) is 2.89. The fraction of sp³-hybridized carbons (Fsp3) is 0.571. The summed E-state index contributed by atoms with van der Waals surface area (Å²) < 4.78 is 0. The van der Waals surface area contributed by atoms with Gasteiger partial charge in [-0.25, -0.2) is 4.98 Å². The van der Waals surface area contributed by atoms with Crippen molar-refractivity contribution in [3.05, 3.63) is 23.9 Å². The van der Waals surface area contributed by atoms with Crippen LogP contribution in [0.4, 0.5) is 5.82 Å². The molecule has 0 radical (unpaired) electrons. The molecule has 1 aliphatic rings. The van der Waals surface area contributed by atoms with Gasteiger partial charge in [-0.3, -0.25) is 4.79 Å². The highest BCUT2D eigenvalue weighted by Crippen LogP contribution is 2.41. The standard InChI is InChI=1S/C14H21N3O/c1-2-14(7-3-4-8-14)13(18)17-12-6-5-11(9-15)10-16-12/h5-6,10H,2-4,7-9,15H2,1H3,(H,16,17,18). The summed E-state index contributed by atoms with van der Waals surface area (Å²) in [5.74, 6) is 0.743. The number of aromatic nitrogens is 1. The minimum atomic E-state index is -0.172. The number of amides is 1. The number of nitrogens with zero attached hydrogens (tertiary/aromatic N) is 1. The van der Waals surface area contributed by atoms with Gasteiger partial charge in [0, 0.05) is 18.2 Å². The van der Waals surface area contributed by atoms with E-state index in [1.54, 1.807) is 6.20 Å². The third-order valence-corrected chi connectivity index (χ3v) is 4.02. The summed E-state index contributed by atoms with van der Waals surface area (Å²) in [5.41, 5.74) is 6.31. The van der Waals surface area contributed by atoms with Crippen molar-refractivity contribution < 1.29 is 4.79 Å². The molecule has 1 aromatic rings. The first-order valence-electron chi connectivity index (χ1n) is 6.66. The maximum Gasteiger partial charge on any atom is 0.231 e. The zero-order valence-electron chi connectivity index (χ0n) is 10.9. The number of anilines is 1. The van der Waals surface area contributed by atoms with Crippen molar-refractivity contribution in [1.29, 1.82) is 0 Å². The molecule has 1 amide bonds. The van der Waals surface area contributed by atoms with Crippen molar-refractivity contribution in [3.8, 4) is 0 Å². The Hall–Kier alpha value is -1.42. The van der Waals surface area contributed by atoms with Crippen LogP contribution in [0.25, 0.3) is 0 Å². The number of rotatable bonds is 4. The first kappa shape index (κ1) is 13.0. The fourth-order valence-electron chi connectivity index (χ4n) is 2.66. The molecule has 0 atom stereocenters. The highest BCUT2D eigenvalue weighted by atomic mass is 16.2. The van der Waals surface area contributed by atoms with Crippen molar-refractivity contribution in [2.45, 2.75) is 45.6 Å². The Labute approximate surface area is 108 Å². The number of pyridine rings is 1. The van der Waals surface area contributed by atoms with Crippen LogP contribution in [0.5, 0.6) is 0 Å². The molecule has 0 saturated heterocycles.